The molecule has 1 N–H and O–H groups in total. The van der Waals surface area contributed by atoms with Gasteiger partial charge in [-0.3, -0.25) is 4.79 Å². The number of carbonyl (C=O) groups excluding carboxylic acids is 1. The SMILES string of the molecule is CC(CCc1ccccc1)NC(=O)c1ccnc(Br)c1. The lowest BCUT2D eigenvalue weighted by Crippen LogP contribution is -2.32. The number of nitrogens with one attached hydrogen (secondary N) is 1. The summed E-state index contributed by atoms with van der Waals surface area (Å²) in [5.74, 6) is -0.0614. The summed E-state index contributed by atoms with van der Waals surface area (Å²) in [5, 5.41) is 3.01. The van der Waals surface area contributed by atoms with E-state index in [-0.39, 0.29) is 11.9 Å². The molecule has 0 aliphatic rings. The van der Waals surface area contributed by atoms with Crippen LogP contribution in [0.2, 0.25) is 0 Å². The van der Waals surface area contributed by atoms with Gasteiger partial charge < -0.3 is 5.32 Å². The van der Waals surface area contributed by atoms with E-state index in [4.69, 9.17) is 0 Å². The Morgan fingerprint density at radius 1 is 1.30 bits per heavy atom. The number of carbonyl (C=O) groups is 1. The Morgan fingerprint density at radius 3 is 2.75 bits per heavy atom. The monoisotopic (exact) mass is 332 g/mol. The number of pyridine rings is 1. The molecular weight excluding hydrogens is 316 g/mol. The molecule has 1 unspecified atom stereocenters. The second-order valence-electron chi connectivity index (χ2n) is 4.77. The highest BCUT2D eigenvalue weighted by Gasteiger charge is 2.10. The van der Waals surface area contributed by atoms with Gasteiger partial charge in [-0.25, -0.2) is 4.98 Å². The Hall–Kier alpha value is -1.68. The lowest BCUT2D eigenvalue weighted by atomic mass is 10.1. The number of halogens is 1. The summed E-state index contributed by atoms with van der Waals surface area (Å²) in [4.78, 5) is 16.1. The Bertz CT molecular complexity index is 572. The minimum atomic E-state index is -0.0614. The highest BCUT2D eigenvalue weighted by Crippen LogP contribution is 2.09. The van der Waals surface area contributed by atoms with Crippen molar-refractivity contribution in [3.8, 4) is 0 Å². The zero-order chi connectivity index (χ0) is 14.4. The number of nitrogens with zero attached hydrogens (tertiary/aromatic N) is 1. The van der Waals surface area contributed by atoms with E-state index in [1.807, 2.05) is 25.1 Å². The summed E-state index contributed by atoms with van der Waals surface area (Å²) < 4.78 is 0.669. The lowest BCUT2D eigenvalue weighted by Gasteiger charge is -2.14. The van der Waals surface area contributed by atoms with E-state index in [9.17, 15) is 4.79 Å². The van der Waals surface area contributed by atoms with Crippen molar-refractivity contribution in [1.29, 1.82) is 0 Å². The first kappa shape index (κ1) is 14.7. The first-order chi connectivity index (χ1) is 9.65. The van der Waals surface area contributed by atoms with Gasteiger partial charge >= 0.3 is 0 Å². The molecule has 1 amide bonds. The van der Waals surface area contributed by atoms with Gasteiger partial charge in [0.1, 0.15) is 4.60 Å². The third-order valence-electron chi connectivity index (χ3n) is 3.08. The van der Waals surface area contributed by atoms with Gasteiger partial charge in [-0.1, -0.05) is 30.3 Å². The maximum Gasteiger partial charge on any atom is 0.251 e. The Kier molecular flexibility index (Phi) is 5.30. The smallest absolute Gasteiger partial charge is 0.251 e. The Morgan fingerprint density at radius 2 is 2.05 bits per heavy atom. The highest BCUT2D eigenvalue weighted by atomic mass is 79.9. The molecule has 4 heteroatoms. The third-order valence-corrected chi connectivity index (χ3v) is 3.51. The number of rotatable bonds is 5. The Balaban J connectivity index is 1.85. The van der Waals surface area contributed by atoms with Crippen LogP contribution in [-0.2, 0) is 6.42 Å². The standard InChI is InChI=1S/C16H17BrN2O/c1-12(7-8-13-5-3-2-4-6-13)19-16(20)14-9-10-18-15(17)11-14/h2-6,9-12H,7-8H2,1H3,(H,19,20). The van der Waals surface area contributed by atoms with Gasteiger partial charge in [0.15, 0.2) is 0 Å². The second kappa shape index (κ2) is 7.20. The molecule has 3 nitrogen and oxygen atoms in total. The second-order valence-corrected chi connectivity index (χ2v) is 5.58. The predicted octanol–water partition coefficient (Wildman–Crippen LogP) is 3.60. The topological polar surface area (TPSA) is 42.0 Å². The predicted molar refractivity (Wildman–Crippen MR) is 83.6 cm³/mol. The molecule has 0 fully saturated rings. The molecule has 1 heterocycles. The molecule has 1 aromatic heterocycles. The number of amides is 1. The highest BCUT2D eigenvalue weighted by molar-refractivity contribution is 9.10. The van der Waals surface area contributed by atoms with Crippen LogP contribution in [0.1, 0.15) is 29.3 Å². The van der Waals surface area contributed by atoms with Crippen LogP contribution < -0.4 is 5.32 Å². The van der Waals surface area contributed by atoms with Crippen LogP contribution in [0.3, 0.4) is 0 Å². The molecule has 104 valence electrons. The zero-order valence-electron chi connectivity index (χ0n) is 11.3. The van der Waals surface area contributed by atoms with Crippen LogP contribution in [0, 0.1) is 0 Å². The molecule has 1 aromatic carbocycles. The number of benzene rings is 1. The zero-order valence-corrected chi connectivity index (χ0v) is 12.9. The summed E-state index contributed by atoms with van der Waals surface area (Å²) in [6, 6.07) is 13.9. The molecule has 20 heavy (non-hydrogen) atoms. The molecule has 0 aliphatic heterocycles. The van der Waals surface area contributed by atoms with Crippen molar-refractivity contribution in [2.75, 3.05) is 0 Å². The molecule has 2 aromatic rings. The van der Waals surface area contributed by atoms with Crippen LogP contribution in [0.15, 0.2) is 53.3 Å². The summed E-state index contributed by atoms with van der Waals surface area (Å²) in [5.41, 5.74) is 1.92. The van der Waals surface area contributed by atoms with Gasteiger partial charge in [0.2, 0.25) is 0 Å². The van der Waals surface area contributed by atoms with Gasteiger partial charge in [-0.15, -0.1) is 0 Å². The number of hydrogen-bond donors (Lipinski definition) is 1. The van der Waals surface area contributed by atoms with Crippen LogP contribution in [0.25, 0.3) is 0 Å². The molecule has 0 saturated heterocycles. The van der Waals surface area contributed by atoms with Crippen molar-refractivity contribution < 1.29 is 4.79 Å². The van der Waals surface area contributed by atoms with E-state index in [1.54, 1.807) is 18.3 Å². The number of hydrogen-bond acceptors (Lipinski definition) is 2. The lowest BCUT2D eigenvalue weighted by molar-refractivity contribution is 0.0938. The molecule has 0 aliphatic carbocycles. The van der Waals surface area contributed by atoms with Crippen molar-refractivity contribution in [2.45, 2.75) is 25.8 Å². The largest absolute Gasteiger partial charge is 0.350 e. The summed E-state index contributed by atoms with van der Waals surface area (Å²) >= 11 is 3.27. The fraction of sp³-hybridized carbons (Fsp3) is 0.250. The van der Waals surface area contributed by atoms with Gasteiger partial charge in [-0.2, -0.15) is 0 Å². The average molecular weight is 333 g/mol. The average Bonchev–Trinajstić information content (AvgIpc) is 2.46. The summed E-state index contributed by atoms with van der Waals surface area (Å²) in [6.45, 7) is 2.02. The van der Waals surface area contributed by atoms with Crippen molar-refractivity contribution >= 4 is 21.8 Å². The normalized spacial score (nSPS) is 11.9. The molecule has 2 rings (SSSR count). The van der Waals surface area contributed by atoms with E-state index in [2.05, 4.69) is 38.4 Å². The summed E-state index contributed by atoms with van der Waals surface area (Å²) in [7, 11) is 0. The van der Waals surface area contributed by atoms with Gasteiger partial charge in [0.25, 0.3) is 5.91 Å². The van der Waals surface area contributed by atoms with Crippen LogP contribution >= 0.6 is 15.9 Å². The minimum Gasteiger partial charge on any atom is -0.350 e. The molecule has 0 saturated carbocycles. The van der Waals surface area contributed by atoms with E-state index in [1.165, 1.54) is 5.56 Å². The van der Waals surface area contributed by atoms with E-state index >= 15 is 0 Å². The van der Waals surface area contributed by atoms with Crippen molar-refractivity contribution in [3.63, 3.8) is 0 Å². The van der Waals surface area contributed by atoms with E-state index < -0.39 is 0 Å². The minimum absolute atomic E-state index is 0.0614. The van der Waals surface area contributed by atoms with Gasteiger partial charge in [0, 0.05) is 17.8 Å². The number of aryl methyl sites for hydroxylation is 1. The van der Waals surface area contributed by atoms with E-state index in [0.29, 0.717) is 10.2 Å². The third kappa shape index (κ3) is 4.46. The van der Waals surface area contributed by atoms with Crippen molar-refractivity contribution in [1.82, 2.24) is 10.3 Å². The molecule has 0 spiro atoms. The van der Waals surface area contributed by atoms with Crippen molar-refractivity contribution in [2.24, 2.45) is 0 Å². The maximum atomic E-state index is 12.1. The number of aromatic nitrogens is 1. The fourth-order valence-electron chi connectivity index (χ4n) is 1.95. The summed E-state index contributed by atoms with van der Waals surface area (Å²) in [6.07, 6.45) is 3.50. The molecular formula is C16H17BrN2O. The quantitative estimate of drug-likeness (QED) is 0.850. The first-order valence-corrected chi connectivity index (χ1v) is 7.41. The maximum absolute atomic E-state index is 12.1. The first-order valence-electron chi connectivity index (χ1n) is 6.61. The van der Waals surface area contributed by atoms with Crippen LogP contribution in [-0.4, -0.2) is 16.9 Å². The molecule has 1 atom stereocenters. The van der Waals surface area contributed by atoms with Crippen LogP contribution in [0.4, 0.5) is 0 Å². The van der Waals surface area contributed by atoms with Crippen LogP contribution in [0.5, 0.6) is 0 Å². The Labute approximate surface area is 127 Å². The molecule has 0 bridgehead atoms. The van der Waals surface area contributed by atoms with Gasteiger partial charge in [0.05, 0.1) is 0 Å². The molecule has 0 radical (unpaired) electrons. The fourth-order valence-corrected chi connectivity index (χ4v) is 2.32. The van der Waals surface area contributed by atoms with Crippen molar-refractivity contribution in [3.05, 3.63) is 64.4 Å². The van der Waals surface area contributed by atoms with Gasteiger partial charge in [-0.05, 0) is 53.4 Å². The van der Waals surface area contributed by atoms with E-state index in [0.717, 1.165) is 12.8 Å².